The van der Waals surface area contributed by atoms with Gasteiger partial charge in [0.25, 0.3) is 0 Å². The first-order valence-electron chi connectivity index (χ1n) is 5.59. The maximum absolute atomic E-state index is 11.7. The van der Waals surface area contributed by atoms with Crippen molar-refractivity contribution in [3.8, 4) is 0 Å². The van der Waals surface area contributed by atoms with Gasteiger partial charge < -0.3 is 0 Å². The Labute approximate surface area is 101 Å². The van der Waals surface area contributed by atoms with Crippen LogP contribution in [0.1, 0.15) is 12.5 Å². The Morgan fingerprint density at radius 2 is 1.94 bits per heavy atom. The van der Waals surface area contributed by atoms with Gasteiger partial charge in [-0.25, -0.2) is 12.7 Å². The van der Waals surface area contributed by atoms with Gasteiger partial charge in [0.05, 0.1) is 11.7 Å². The largest absolute Gasteiger partial charge is 0.273 e. The molecule has 0 aliphatic carbocycles. The molecule has 0 spiro atoms. The molecule has 0 aromatic heterocycles. The molecular weight excluding hydrogens is 238 g/mol. The lowest BCUT2D eigenvalue weighted by molar-refractivity contribution is -0.128. The summed E-state index contributed by atoms with van der Waals surface area (Å²) in [6.07, 6.45) is 0.568. The molecule has 1 aliphatic heterocycles. The van der Waals surface area contributed by atoms with Gasteiger partial charge >= 0.3 is 0 Å². The van der Waals surface area contributed by atoms with Crippen molar-refractivity contribution in [2.75, 3.05) is 12.3 Å². The van der Waals surface area contributed by atoms with E-state index in [0.717, 1.165) is 9.87 Å². The van der Waals surface area contributed by atoms with Crippen LogP contribution in [0, 0.1) is 5.92 Å². The smallest absolute Gasteiger partial charge is 0.239 e. The first-order valence-corrected chi connectivity index (χ1v) is 7.20. The monoisotopic (exact) mass is 253 g/mol. The molecule has 0 radical (unpaired) electrons. The summed E-state index contributed by atoms with van der Waals surface area (Å²) in [7, 11) is -3.37. The minimum Gasteiger partial charge on any atom is -0.273 e. The lowest BCUT2D eigenvalue weighted by atomic mass is 10.1. The zero-order valence-corrected chi connectivity index (χ0v) is 10.5. The van der Waals surface area contributed by atoms with E-state index >= 15 is 0 Å². The fourth-order valence-corrected chi connectivity index (χ4v) is 3.76. The van der Waals surface area contributed by atoms with Crippen molar-refractivity contribution in [1.82, 2.24) is 4.31 Å². The van der Waals surface area contributed by atoms with E-state index in [1.165, 1.54) is 0 Å². The summed E-state index contributed by atoms with van der Waals surface area (Å²) in [5.41, 5.74) is 1.04. The quantitative estimate of drug-likeness (QED) is 0.808. The lowest BCUT2D eigenvalue weighted by Crippen LogP contribution is -2.32. The van der Waals surface area contributed by atoms with E-state index in [4.69, 9.17) is 0 Å². The van der Waals surface area contributed by atoms with Gasteiger partial charge in [0, 0.05) is 6.54 Å². The van der Waals surface area contributed by atoms with E-state index in [1.54, 1.807) is 6.92 Å². The molecule has 1 aliphatic rings. The number of carbonyl (C=O) groups is 1. The van der Waals surface area contributed by atoms with E-state index < -0.39 is 15.9 Å². The Balaban J connectivity index is 2.07. The van der Waals surface area contributed by atoms with E-state index in [-0.39, 0.29) is 18.2 Å². The molecule has 1 amide bonds. The van der Waals surface area contributed by atoms with Crippen molar-refractivity contribution >= 4 is 15.9 Å². The second-order valence-corrected chi connectivity index (χ2v) is 6.26. The zero-order chi connectivity index (χ0) is 12.5. The van der Waals surface area contributed by atoms with Crippen molar-refractivity contribution in [2.45, 2.75) is 13.3 Å². The summed E-state index contributed by atoms with van der Waals surface area (Å²) < 4.78 is 24.4. The third kappa shape index (κ3) is 2.49. The minimum absolute atomic E-state index is 0.0549. The molecule has 1 atom stereocenters. The molecule has 1 unspecified atom stereocenters. The number of benzene rings is 1. The number of hydrogen-bond donors (Lipinski definition) is 0. The number of rotatable bonds is 3. The van der Waals surface area contributed by atoms with E-state index in [1.807, 2.05) is 30.3 Å². The van der Waals surface area contributed by atoms with Crippen LogP contribution in [0.2, 0.25) is 0 Å². The van der Waals surface area contributed by atoms with Crippen molar-refractivity contribution < 1.29 is 13.2 Å². The van der Waals surface area contributed by atoms with E-state index in [0.29, 0.717) is 6.42 Å². The van der Waals surface area contributed by atoms with E-state index in [9.17, 15) is 13.2 Å². The number of sulfonamides is 1. The molecule has 1 fully saturated rings. The summed E-state index contributed by atoms with van der Waals surface area (Å²) in [6, 6.07) is 9.56. The van der Waals surface area contributed by atoms with Crippen LogP contribution in [0.5, 0.6) is 0 Å². The highest BCUT2D eigenvalue weighted by Gasteiger charge is 2.40. The number of amides is 1. The Bertz CT molecular complexity index is 510. The third-order valence-corrected chi connectivity index (χ3v) is 4.87. The molecule has 1 saturated heterocycles. The number of nitrogens with zero attached hydrogens (tertiary/aromatic N) is 1. The lowest BCUT2D eigenvalue weighted by Gasteiger charge is -2.14. The van der Waals surface area contributed by atoms with Gasteiger partial charge in [0.15, 0.2) is 0 Å². The summed E-state index contributed by atoms with van der Waals surface area (Å²) >= 11 is 0. The fraction of sp³-hybridized carbons (Fsp3) is 0.417. The van der Waals surface area contributed by atoms with Crippen LogP contribution in [0.25, 0.3) is 0 Å². The summed E-state index contributed by atoms with van der Waals surface area (Å²) in [5.74, 6) is -0.739. The molecule has 1 aromatic carbocycles. The molecule has 1 heterocycles. The molecule has 0 saturated carbocycles. The number of carbonyl (C=O) groups excluding carboxylic acids is 1. The van der Waals surface area contributed by atoms with Gasteiger partial charge in [-0.05, 0) is 12.0 Å². The minimum atomic E-state index is -3.37. The molecule has 92 valence electrons. The first kappa shape index (κ1) is 12.1. The normalized spacial score (nSPS) is 23.0. The second kappa shape index (κ2) is 4.49. The standard InChI is InChI=1S/C12H15NO3S/c1-10-9-17(15,16)13(12(10)14)8-7-11-5-3-2-4-6-11/h2-6,10H,7-9H2,1H3. The topological polar surface area (TPSA) is 54.5 Å². The van der Waals surface area contributed by atoms with Gasteiger partial charge in [0.1, 0.15) is 0 Å². The Hall–Kier alpha value is -1.36. The van der Waals surface area contributed by atoms with Crippen molar-refractivity contribution in [3.63, 3.8) is 0 Å². The molecule has 17 heavy (non-hydrogen) atoms. The van der Waals surface area contributed by atoms with Crippen molar-refractivity contribution in [1.29, 1.82) is 0 Å². The molecule has 0 N–H and O–H groups in total. The van der Waals surface area contributed by atoms with Crippen LogP contribution < -0.4 is 0 Å². The van der Waals surface area contributed by atoms with Crippen LogP contribution >= 0.6 is 0 Å². The highest BCUT2D eigenvalue weighted by molar-refractivity contribution is 7.90. The van der Waals surface area contributed by atoms with Crippen LogP contribution in [0.4, 0.5) is 0 Å². The van der Waals surface area contributed by atoms with Crippen molar-refractivity contribution in [2.24, 2.45) is 5.92 Å². The SMILES string of the molecule is CC1CS(=O)(=O)N(CCc2ccccc2)C1=O. The number of hydrogen-bond acceptors (Lipinski definition) is 3. The average molecular weight is 253 g/mol. The van der Waals surface area contributed by atoms with Gasteiger partial charge in [-0.1, -0.05) is 37.3 Å². The molecule has 5 heteroatoms. The van der Waals surface area contributed by atoms with Crippen LogP contribution in [-0.4, -0.2) is 30.9 Å². The van der Waals surface area contributed by atoms with Gasteiger partial charge in [-0.3, -0.25) is 4.79 Å². The van der Waals surface area contributed by atoms with Gasteiger partial charge in [-0.15, -0.1) is 0 Å². The van der Waals surface area contributed by atoms with E-state index in [2.05, 4.69) is 0 Å². The predicted molar refractivity (Wildman–Crippen MR) is 64.8 cm³/mol. The Kier molecular flexibility index (Phi) is 3.19. The average Bonchev–Trinajstić information content (AvgIpc) is 2.48. The maximum atomic E-state index is 11.7. The molecule has 4 nitrogen and oxygen atoms in total. The summed E-state index contributed by atoms with van der Waals surface area (Å²) in [5, 5.41) is 0. The predicted octanol–water partition coefficient (Wildman–Crippen LogP) is 1.04. The summed E-state index contributed by atoms with van der Waals surface area (Å²) in [6.45, 7) is 1.90. The Morgan fingerprint density at radius 1 is 1.29 bits per heavy atom. The van der Waals surface area contributed by atoms with Crippen LogP contribution in [0.3, 0.4) is 0 Å². The van der Waals surface area contributed by atoms with Crippen LogP contribution in [0.15, 0.2) is 30.3 Å². The molecule has 1 aromatic rings. The fourth-order valence-electron chi connectivity index (χ4n) is 1.98. The van der Waals surface area contributed by atoms with Crippen molar-refractivity contribution in [3.05, 3.63) is 35.9 Å². The third-order valence-electron chi connectivity index (χ3n) is 2.91. The van der Waals surface area contributed by atoms with Gasteiger partial charge in [-0.2, -0.15) is 0 Å². The molecular formula is C12H15NO3S. The highest BCUT2D eigenvalue weighted by Crippen LogP contribution is 2.20. The molecule has 2 rings (SSSR count). The summed E-state index contributed by atoms with van der Waals surface area (Å²) in [4.78, 5) is 11.7. The first-order chi connectivity index (χ1) is 8.00. The zero-order valence-electron chi connectivity index (χ0n) is 9.67. The Morgan fingerprint density at radius 3 is 2.47 bits per heavy atom. The van der Waals surface area contributed by atoms with Crippen LogP contribution in [-0.2, 0) is 21.2 Å². The van der Waals surface area contributed by atoms with Gasteiger partial charge in [0.2, 0.25) is 15.9 Å². The molecule has 0 bridgehead atoms. The highest BCUT2D eigenvalue weighted by atomic mass is 32.2. The second-order valence-electron chi connectivity index (χ2n) is 4.33. The maximum Gasteiger partial charge on any atom is 0.239 e.